The molecule has 0 aliphatic heterocycles. The van der Waals surface area contributed by atoms with Gasteiger partial charge in [0.2, 0.25) is 0 Å². The molecule has 0 aromatic heterocycles. The van der Waals surface area contributed by atoms with Gasteiger partial charge >= 0.3 is 0 Å². The highest BCUT2D eigenvalue weighted by molar-refractivity contribution is 7.39. The largest absolute Gasteiger partial charge is 1.00 e. The molecule has 0 amide bonds. The minimum atomic E-state index is 0. The van der Waals surface area contributed by atoms with Gasteiger partial charge in [-0.05, 0) is 35.8 Å². The number of rotatable bonds is 3. The van der Waals surface area contributed by atoms with Crippen LogP contribution in [0, 0.1) is 0 Å². The van der Waals surface area contributed by atoms with E-state index >= 15 is 0 Å². The zero-order valence-corrected chi connectivity index (χ0v) is 10.1. The van der Waals surface area contributed by atoms with Gasteiger partial charge in [-0.15, -0.1) is 0 Å². The summed E-state index contributed by atoms with van der Waals surface area (Å²) in [6, 6.07) is 0. The van der Waals surface area contributed by atoms with Gasteiger partial charge in [-0.3, -0.25) is 0 Å². The summed E-state index contributed by atoms with van der Waals surface area (Å²) in [5, 5.41) is 0. The fourth-order valence-corrected chi connectivity index (χ4v) is 2.38. The maximum atomic E-state index is 2.36. The Morgan fingerprint density at radius 2 is 1.67 bits per heavy atom. The van der Waals surface area contributed by atoms with Crippen LogP contribution in [0.3, 0.4) is 0 Å². The molecule has 0 heterocycles. The van der Waals surface area contributed by atoms with Crippen molar-refractivity contribution in [3.63, 3.8) is 0 Å². The summed E-state index contributed by atoms with van der Waals surface area (Å²) in [4.78, 5) is 0. The lowest BCUT2D eigenvalue weighted by molar-refractivity contribution is -0.00000193. The third kappa shape index (κ3) is 9.16. The van der Waals surface area contributed by atoms with Gasteiger partial charge in [0.1, 0.15) is 0 Å². The minimum absolute atomic E-state index is 0. The van der Waals surface area contributed by atoms with Crippen molar-refractivity contribution >= 4 is 8.58 Å². The maximum absolute atomic E-state index is 2.36. The smallest absolute Gasteiger partial charge is 0.0624 e. The Labute approximate surface area is 78.0 Å². The first-order valence-electron chi connectivity index (χ1n) is 3.51. The van der Waals surface area contributed by atoms with Gasteiger partial charge < -0.3 is 24.0 Å². The highest BCUT2D eigenvalue weighted by Crippen LogP contribution is 2.26. The quantitative estimate of drug-likeness (QED) is 0.479. The summed E-state index contributed by atoms with van der Waals surface area (Å²) in [6.07, 6.45) is 1.37. The Balaban J connectivity index is 0. The van der Waals surface area contributed by atoms with Gasteiger partial charge in [0.15, 0.2) is 0 Å². The van der Waals surface area contributed by atoms with Crippen LogP contribution in [-0.2, 0) is 0 Å². The van der Waals surface area contributed by atoms with Gasteiger partial charge in [0, 0.05) is 0 Å². The highest BCUT2D eigenvalue weighted by atomic mass is 127. The second-order valence-corrected chi connectivity index (χ2v) is 5.68. The minimum Gasteiger partial charge on any atom is -1.00 e. The van der Waals surface area contributed by atoms with Crippen LogP contribution < -0.4 is 24.0 Å². The van der Waals surface area contributed by atoms with Crippen molar-refractivity contribution in [2.45, 2.75) is 45.4 Å². The zero-order valence-electron chi connectivity index (χ0n) is 6.82. The second kappa shape index (κ2) is 7.27. The van der Waals surface area contributed by atoms with Gasteiger partial charge in [-0.25, -0.2) is 0 Å². The summed E-state index contributed by atoms with van der Waals surface area (Å²) in [6.45, 7) is 9.28. The van der Waals surface area contributed by atoms with Crippen molar-refractivity contribution in [3.8, 4) is 0 Å². The van der Waals surface area contributed by atoms with Crippen molar-refractivity contribution in [3.05, 3.63) is 0 Å². The molecule has 2 unspecified atom stereocenters. The molecular weight excluding hydrogens is 242 g/mol. The first-order chi connectivity index (χ1) is 3.66. The molecule has 0 aliphatic carbocycles. The van der Waals surface area contributed by atoms with Crippen molar-refractivity contribution in [2.75, 3.05) is 0 Å². The summed E-state index contributed by atoms with van der Waals surface area (Å²) >= 11 is 0. The maximum Gasteiger partial charge on any atom is 0.0624 e. The van der Waals surface area contributed by atoms with E-state index in [1.807, 2.05) is 0 Å². The van der Waals surface area contributed by atoms with Crippen LogP contribution in [0.4, 0.5) is 0 Å². The molecule has 0 aliphatic rings. The number of halogens is 1. The van der Waals surface area contributed by atoms with Crippen LogP contribution in [0.1, 0.15) is 34.1 Å². The predicted molar refractivity (Wildman–Crippen MR) is 44.6 cm³/mol. The van der Waals surface area contributed by atoms with Crippen molar-refractivity contribution in [2.24, 2.45) is 0 Å². The monoisotopic (exact) mass is 260 g/mol. The first-order valence-corrected chi connectivity index (χ1v) is 4.85. The van der Waals surface area contributed by atoms with E-state index in [0.29, 0.717) is 8.58 Å². The van der Waals surface area contributed by atoms with Crippen LogP contribution in [0.25, 0.3) is 0 Å². The standard InChI is InChI=1S/C7H17P.HI/c1-5-7(4)8-6(2)3;/h6-8H,5H2,1-4H3;1H. The van der Waals surface area contributed by atoms with Crippen LogP contribution in [0.2, 0.25) is 0 Å². The van der Waals surface area contributed by atoms with Crippen LogP contribution in [0.5, 0.6) is 0 Å². The molecule has 0 nitrogen and oxygen atoms in total. The summed E-state index contributed by atoms with van der Waals surface area (Å²) < 4.78 is 0. The summed E-state index contributed by atoms with van der Waals surface area (Å²) in [5.41, 5.74) is 1.97. The molecule has 0 radical (unpaired) electrons. The molecule has 9 heavy (non-hydrogen) atoms. The lowest BCUT2D eigenvalue weighted by Crippen LogP contribution is -3.00. The Hall–Kier alpha value is 1.16. The van der Waals surface area contributed by atoms with E-state index in [1.54, 1.807) is 0 Å². The van der Waals surface area contributed by atoms with E-state index in [2.05, 4.69) is 27.7 Å². The molecule has 2 heteroatoms. The van der Waals surface area contributed by atoms with E-state index in [4.69, 9.17) is 0 Å². The van der Waals surface area contributed by atoms with Gasteiger partial charge in [0.05, 0.1) is 11.3 Å². The van der Waals surface area contributed by atoms with Crippen molar-refractivity contribution in [1.82, 2.24) is 0 Å². The van der Waals surface area contributed by atoms with E-state index in [9.17, 15) is 0 Å². The summed E-state index contributed by atoms with van der Waals surface area (Å²) in [5.74, 6) is 0. The van der Waals surface area contributed by atoms with E-state index in [0.717, 1.165) is 11.3 Å². The van der Waals surface area contributed by atoms with Gasteiger partial charge in [-0.1, -0.05) is 6.92 Å². The SMILES string of the molecule is CCC(C)[PH2+]C(C)C.[I-]. The molecule has 0 N–H and O–H groups in total. The lowest BCUT2D eigenvalue weighted by atomic mass is 10.4. The van der Waals surface area contributed by atoms with E-state index in [-0.39, 0.29) is 24.0 Å². The molecule has 0 rings (SSSR count). The molecule has 0 spiro atoms. The number of hydrogen-bond acceptors (Lipinski definition) is 0. The second-order valence-electron chi connectivity index (χ2n) is 2.82. The van der Waals surface area contributed by atoms with Crippen molar-refractivity contribution in [1.29, 1.82) is 0 Å². The molecule has 0 bridgehead atoms. The number of hydrogen-bond donors (Lipinski definition) is 0. The first kappa shape index (κ1) is 12.8. The molecule has 0 saturated heterocycles. The predicted octanol–water partition coefficient (Wildman–Crippen LogP) is -0.392. The van der Waals surface area contributed by atoms with Gasteiger partial charge in [-0.2, -0.15) is 0 Å². The molecule has 58 valence electrons. The fourth-order valence-electron chi connectivity index (χ4n) is 0.793. The Kier molecular flexibility index (Phi) is 10.3. The topological polar surface area (TPSA) is 0 Å². The van der Waals surface area contributed by atoms with Crippen LogP contribution >= 0.6 is 8.58 Å². The molecule has 0 fully saturated rings. The summed E-state index contributed by atoms with van der Waals surface area (Å²) in [7, 11) is 0.716. The third-order valence-electron chi connectivity index (χ3n) is 1.36. The molecule has 2 atom stereocenters. The average molecular weight is 260 g/mol. The lowest BCUT2D eigenvalue weighted by Gasteiger charge is -2.02. The Morgan fingerprint density at radius 1 is 1.22 bits per heavy atom. The fraction of sp³-hybridized carbons (Fsp3) is 1.00. The van der Waals surface area contributed by atoms with Crippen molar-refractivity contribution < 1.29 is 24.0 Å². The molecule has 0 saturated carbocycles. The Morgan fingerprint density at radius 3 is 1.78 bits per heavy atom. The molecular formula is C7H18IP. The Bertz CT molecular complexity index is 54.9. The van der Waals surface area contributed by atoms with E-state index in [1.165, 1.54) is 6.42 Å². The third-order valence-corrected chi connectivity index (χ3v) is 3.26. The molecule has 0 aromatic rings. The molecule has 0 aromatic carbocycles. The normalized spacial score (nSPS) is 14.3. The average Bonchev–Trinajstić information content (AvgIpc) is 1.65. The van der Waals surface area contributed by atoms with Gasteiger partial charge in [0.25, 0.3) is 0 Å². The van der Waals surface area contributed by atoms with Crippen LogP contribution in [-0.4, -0.2) is 11.3 Å². The van der Waals surface area contributed by atoms with Crippen LogP contribution in [0.15, 0.2) is 0 Å². The highest BCUT2D eigenvalue weighted by Gasteiger charge is 2.07. The zero-order chi connectivity index (χ0) is 6.57. The van der Waals surface area contributed by atoms with E-state index < -0.39 is 0 Å².